The second-order valence-electron chi connectivity index (χ2n) is 7.77. The lowest BCUT2D eigenvalue weighted by Gasteiger charge is -2.33. The second-order valence-corrected chi connectivity index (χ2v) is 8.21. The zero-order valence-corrected chi connectivity index (χ0v) is 18.2. The largest absolute Gasteiger partial charge is 0.356 e. The molecule has 0 atom stereocenters. The van der Waals surface area contributed by atoms with Gasteiger partial charge in [0.25, 0.3) is 0 Å². The number of hydrogen-bond donors (Lipinski definition) is 2. The highest BCUT2D eigenvalue weighted by Gasteiger charge is 2.20. The van der Waals surface area contributed by atoms with Crippen molar-refractivity contribution in [3.63, 3.8) is 0 Å². The van der Waals surface area contributed by atoms with Gasteiger partial charge in [0, 0.05) is 56.6 Å². The van der Waals surface area contributed by atoms with Crippen LogP contribution in [0.2, 0.25) is 5.02 Å². The normalized spacial score (nSPS) is 16.4. The molecule has 0 unspecified atom stereocenters. The fourth-order valence-corrected chi connectivity index (χ4v) is 3.49. The van der Waals surface area contributed by atoms with Crippen LogP contribution in [0.5, 0.6) is 0 Å². The third-order valence-corrected chi connectivity index (χ3v) is 5.35. The van der Waals surface area contributed by atoms with Crippen LogP contribution in [0.15, 0.2) is 33.8 Å². The Morgan fingerprint density at radius 2 is 2.00 bits per heavy atom. The Hall–Kier alpha value is -2.12. The van der Waals surface area contributed by atoms with Gasteiger partial charge in [-0.3, -0.25) is 9.89 Å². The number of benzene rings is 1. The van der Waals surface area contributed by atoms with Crippen molar-refractivity contribution in [2.45, 2.75) is 51.6 Å². The van der Waals surface area contributed by atoms with Crippen LogP contribution >= 0.6 is 11.6 Å². The quantitative estimate of drug-likeness (QED) is 0.531. The summed E-state index contributed by atoms with van der Waals surface area (Å²) in [5.74, 6) is 2.52. The lowest BCUT2D eigenvalue weighted by Crippen LogP contribution is -2.48. The minimum atomic E-state index is 0.278. The van der Waals surface area contributed by atoms with Gasteiger partial charge in [-0.2, -0.15) is 4.98 Å². The first-order chi connectivity index (χ1) is 14.0. The molecule has 0 radical (unpaired) electrons. The minimum Gasteiger partial charge on any atom is -0.356 e. The van der Waals surface area contributed by atoms with Gasteiger partial charge in [-0.05, 0) is 30.5 Å². The summed E-state index contributed by atoms with van der Waals surface area (Å²) in [6, 6.07) is 8.55. The van der Waals surface area contributed by atoms with Crippen molar-refractivity contribution in [2.75, 3.05) is 26.7 Å². The molecule has 1 aromatic heterocycles. The summed E-state index contributed by atoms with van der Waals surface area (Å²) in [5, 5.41) is 11.7. The molecule has 0 saturated carbocycles. The van der Waals surface area contributed by atoms with Gasteiger partial charge in [0.2, 0.25) is 5.89 Å². The zero-order valence-electron chi connectivity index (χ0n) is 17.5. The molecule has 1 aliphatic rings. The molecule has 1 aliphatic heterocycles. The van der Waals surface area contributed by atoms with Crippen LogP contribution in [0.3, 0.4) is 0 Å². The van der Waals surface area contributed by atoms with E-state index in [4.69, 9.17) is 16.1 Å². The number of hydrogen-bond acceptors (Lipinski definition) is 5. The van der Waals surface area contributed by atoms with Crippen LogP contribution in [0.1, 0.15) is 49.9 Å². The number of nitrogens with one attached hydrogen (secondary N) is 2. The predicted octanol–water partition coefficient (Wildman–Crippen LogP) is 3.22. The predicted molar refractivity (Wildman–Crippen MR) is 116 cm³/mol. The number of rotatable bonds is 7. The van der Waals surface area contributed by atoms with Gasteiger partial charge in [-0.1, -0.05) is 42.7 Å². The molecule has 0 bridgehead atoms. The standard InChI is InChI=1S/C21H31ClN6O/c1-15(2)20-26-19(29-27-20)8-11-24-21(23-3)25-18-9-12-28(13-10-18)14-16-4-6-17(22)7-5-16/h4-7,15,18H,8-14H2,1-3H3,(H2,23,24,25). The lowest BCUT2D eigenvalue weighted by atomic mass is 10.0. The molecule has 2 heterocycles. The Labute approximate surface area is 177 Å². The third-order valence-electron chi connectivity index (χ3n) is 5.10. The van der Waals surface area contributed by atoms with Crippen molar-refractivity contribution in [1.29, 1.82) is 0 Å². The molecule has 29 heavy (non-hydrogen) atoms. The molecule has 0 aliphatic carbocycles. The summed E-state index contributed by atoms with van der Waals surface area (Å²) in [4.78, 5) is 11.2. The SMILES string of the molecule is CN=C(NCCc1nc(C(C)C)no1)NC1CCN(Cc2ccc(Cl)cc2)CC1. The maximum atomic E-state index is 5.97. The highest BCUT2D eigenvalue weighted by Crippen LogP contribution is 2.16. The minimum absolute atomic E-state index is 0.278. The average molecular weight is 419 g/mol. The summed E-state index contributed by atoms with van der Waals surface area (Å²) in [6.45, 7) is 7.92. The number of nitrogens with zero attached hydrogens (tertiary/aromatic N) is 4. The van der Waals surface area contributed by atoms with E-state index in [1.807, 2.05) is 12.1 Å². The molecule has 1 aromatic carbocycles. The summed E-state index contributed by atoms with van der Waals surface area (Å²) in [6.07, 6.45) is 2.87. The van der Waals surface area contributed by atoms with E-state index in [0.29, 0.717) is 24.9 Å². The fraction of sp³-hybridized carbons (Fsp3) is 0.571. The van der Waals surface area contributed by atoms with Gasteiger partial charge in [0.05, 0.1) is 0 Å². The van der Waals surface area contributed by atoms with E-state index < -0.39 is 0 Å². The summed E-state index contributed by atoms with van der Waals surface area (Å²) >= 11 is 5.97. The van der Waals surface area contributed by atoms with Crippen LogP contribution in [0, 0.1) is 0 Å². The maximum absolute atomic E-state index is 5.97. The van der Waals surface area contributed by atoms with E-state index in [9.17, 15) is 0 Å². The van der Waals surface area contributed by atoms with E-state index in [1.54, 1.807) is 7.05 Å². The van der Waals surface area contributed by atoms with Crippen molar-refractivity contribution in [3.05, 3.63) is 46.6 Å². The highest BCUT2D eigenvalue weighted by atomic mass is 35.5. The van der Waals surface area contributed by atoms with E-state index in [0.717, 1.165) is 49.3 Å². The van der Waals surface area contributed by atoms with Crippen molar-refractivity contribution < 1.29 is 4.52 Å². The molecule has 1 saturated heterocycles. The Morgan fingerprint density at radius 3 is 2.62 bits per heavy atom. The molecular formula is C21H31ClN6O. The number of halogens is 1. The molecule has 3 rings (SSSR count). The van der Waals surface area contributed by atoms with Gasteiger partial charge in [0.15, 0.2) is 11.8 Å². The Morgan fingerprint density at radius 1 is 1.28 bits per heavy atom. The number of aliphatic imine (C=N–C) groups is 1. The van der Waals surface area contributed by atoms with E-state index in [2.05, 4.69) is 56.6 Å². The van der Waals surface area contributed by atoms with Crippen LogP contribution in [-0.4, -0.2) is 53.7 Å². The van der Waals surface area contributed by atoms with Crippen molar-refractivity contribution in [1.82, 2.24) is 25.7 Å². The Bertz CT molecular complexity index is 781. The van der Waals surface area contributed by atoms with Crippen LogP contribution in [0.25, 0.3) is 0 Å². The molecule has 2 aromatic rings. The van der Waals surface area contributed by atoms with Crippen molar-refractivity contribution in [3.8, 4) is 0 Å². The van der Waals surface area contributed by atoms with Gasteiger partial charge in [-0.15, -0.1) is 0 Å². The number of aromatic nitrogens is 2. The second kappa shape index (κ2) is 10.6. The molecule has 8 heteroatoms. The first-order valence-electron chi connectivity index (χ1n) is 10.3. The number of guanidine groups is 1. The summed E-state index contributed by atoms with van der Waals surface area (Å²) in [7, 11) is 1.80. The summed E-state index contributed by atoms with van der Waals surface area (Å²) < 4.78 is 5.28. The molecule has 2 N–H and O–H groups in total. The van der Waals surface area contributed by atoms with Crippen LogP contribution in [-0.2, 0) is 13.0 Å². The number of likely N-dealkylation sites (tertiary alicyclic amines) is 1. The van der Waals surface area contributed by atoms with E-state index in [-0.39, 0.29) is 5.92 Å². The van der Waals surface area contributed by atoms with E-state index in [1.165, 1.54) is 5.56 Å². The molecule has 0 spiro atoms. The molecular weight excluding hydrogens is 388 g/mol. The Balaban J connectivity index is 1.37. The number of piperidine rings is 1. The summed E-state index contributed by atoms with van der Waals surface area (Å²) in [5.41, 5.74) is 1.31. The molecule has 7 nitrogen and oxygen atoms in total. The zero-order chi connectivity index (χ0) is 20.6. The fourth-order valence-electron chi connectivity index (χ4n) is 3.36. The van der Waals surface area contributed by atoms with Gasteiger partial charge in [-0.25, -0.2) is 0 Å². The van der Waals surface area contributed by atoms with Gasteiger partial charge >= 0.3 is 0 Å². The Kier molecular flexibility index (Phi) is 7.89. The van der Waals surface area contributed by atoms with Gasteiger partial charge in [0.1, 0.15) is 0 Å². The van der Waals surface area contributed by atoms with Crippen molar-refractivity contribution >= 4 is 17.6 Å². The molecule has 1 fully saturated rings. The van der Waals surface area contributed by atoms with Crippen molar-refractivity contribution in [2.24, 2.45) is 4.99 Å². The molecule has 158 valence electrons. The third kappa shape index (κ3) is 6.72. The lowest BCUT2D eigenvalue weighted by molar-refractivity contribution is 0.198. The molecule has 0 amide bonds. The van der Waals surface area contributed by atoms with Crippen LogP contribution < -0.4 is 10.6 Å². The van der Waals surface area contributed by atoms with Crippen LogP contribution in [0.4, 0.5) is 0 Å². The monoisotopic (exact) mass is 418 g/mol. The topological polar surface area (TPSA) is 78.6 Å². The average Bonchev–Trinajstić information content (AvgIpc) is 3.19. The van der Waals surface area contributed by atoms with Gasteiger partial charge < -0.3 is 15.2 Å². The maximum Gasteiger partial charge on any atom is 0.228 e. The highest BCUT2D eigenvalue weighted by molar-refractivity contribution is 6.30. The first kappa shape index (κ1) is 21.6. The smallest absolute Gasteiger partial charge is 0.228 e. The first-order valence-corrected chi connectivity index (χ1v) is 10.7. The van der Waals surface area contributed by atoms with E-state index >= 15 is 0 Å².